The molecule has 2 saturated heterocycles. The summed E-state index contributed by atoms with van der Waals surface area (Å²) in [6.07, 6.45) is 1.23. The fourth-order valence-electron chi connectivity index (χ4n) is 3.49. The van der Waals surface area contributed by atoms with Gasteiger partial charge in [-0.3, -0.25) is 19.3 Å². The molecule has 3 rings (SSSR count). The number of para-hydroxylation sites is 1. The number of esters is 1. The highest BCUT2D eigenvalue weighted by Crippen LogP contribution is 2.30. The zero-order valence-corrected chi connectivity index (χ0v) is 14.1. The van der Waals surface area contributed by atoms with Gasteiger partial charge >= 0.3 is 5.97 Å². The van der Waals surface area contributed by atoms with E-state index >= 15 is 0 Å². The predicted molar refractivity (Wildman–Crippen MR) is 88.2 cm³/mol. The first-order valence-electron chi connectivity index (χ1n) is 8.55. The van der Waals surface area contributed by atoms with Crippen LogP contribution in [0, 0.1) is 11.7 Å². The number of anilines is 1. The zero-order valence-electron chi connectivity index (χ0n) is 14.1. The SMILES string of the molecule is CCOC(=O)C1CCN([C@H]2CC(=O)N(c3ccccc3F)C2=O)CC1. The third kappa shape index (κ3) is 3.42. The number of rotatable bonds is 4. The number of nitrogens with zero attached hydrogens (tertiary/aromatic N) is 2. The van der Waals surface area contributed by atoms with Crippen LogP contribution in [-0.4, -0.2) is 48.4 Å². The highest BCUT2D eigenvalue weighted by molar-refractivity contribution is 6.22. The monoisotopic (exact) mass is 348 g/mol. The maximum absolute atomic E-state index is 14.0. The molecule has 0 N–H and O–H groups in total. The number of ether oxygens (including phenoxy) is 1. The van der Waals surface area contributed by atoms with E-state index in [0.29, 0.717) is 32.5 Å². The molecule has 2 aliphatic heterocycles. The van der Waals surface area contributed by atoms with Gasteiger partial charge in [0.05, 0.1) is 30.7 Å². The summed E-state index contributed by atoms with van der Waals surface area (Å²) in [5.74, 6) is -1.75. The van der Waals surface area contributed by atoms with Gasteiger partial charge in [0, 0.05) is 0 Å². The second kappa shape index (κ2) is 7.31. The maximum Gasteiger partial charge on any atom is 0.309 e. The molecule has 1 atom stereocenters. The third-order valence-corrected chi connectivity index (χ3v) is 4.81. The van der Waals surface area contributed by atoms with Crippen LogP contribution in [0.3, 0.4) is 0 Å². The smallest absolute Gasteiger partial charge is 0.309 e. The highest BCUT2D eigenvalue weighted by Gasteiger charge is 2.44. The number of hydrogen-bond acceptors (Lipinski definition) is 5. The van der Waals surface area contributed by atoms with E-state index in [1.54, 1.807) is 13.0 Å². The van der Waals surface area contributed by atoms with Crippen molar-refractivity contribution in [2.45, 2.75) is 32.2 Å². The summed E-state index contributed by atoms with van der Waals surface area (Å²) in [7, 11) is 0. The fraction of sp³-hybridized carbons (Fsp3) is 0.500. The summed E-state index contributed by atoms with van der Waals surface area (Å²) in [5, 5.41) is 0. The summed E-state index contributed by atoms with van der Waals surface area (Å²) in [6, 6.07) is 5.18. The van der Waals surface area contributed by atoms with Crippen molar-refractivity contribution in [1.29, 1.82) is 0 Å². The van der Waals surface area contributed by atoms with Crippen molar-refractivity contribution < 1.29 is 23.5 Å². The quantitative estimate of drug-likeness (QED) is 0.612. The largest absolute Gasteiger partial charge is 0.466 e. The van der Waals surface area contributed by atoms with Crippen LogP contribution in [0.1, 0.15) is 26.2 Å². The molecule has 2 amide bonds. The number of benzene rings is 1. The molecule has 0 spiro atoms. The second-order valence-electron chi connectivity index (χ2n) is 6.30. The first kappa shape index (κ1) is 17.5. The Morgan fingerprint density at radius 1 is 1.24 bits per heavy atom. The van der Waals surface area contributed by atoms with Crippen molar-refractivity contribution in [3.05, 3.63) is 30.1 Å². The summed E-state index contributed by atoms with van der Waals surface area (Å²) in [4.78, 5) is 39.6. The van der Waals surface area contributed by atoms with Gasteiger partial charge in [0.1, 0.15) is 5.82 Å². The van der Waals surface area contributed by atoms with Crippen LogP contribution < -0.4 is 4.90 Å². The minimum Gasteiger partial charge on any atom is -0.466 e. The number of imide groups is 1. The summed E-state index contributed by atoms with van der Waals surface area (Å²) in [6.45, 7) is 3.20. The van der Waals surface area contributed by atoms with E-state index in [-0.39, 0.29) is 24.0 Å². The van der Waals surface area contributed by atoms with Crippen molar-refractivity contribution in [3.8, 4) is 0 Å². The van der Waals surface area contributed by atoms with Crippen LogP contribution >= 0.6 is 0 Å². The molecular weight excluding hydrogens is 327 g/mol. The van der Waals surface area contributed by atoms with Crippen molar-refractivity contribution >= 4 is 23.5 Å². The van der Waals surface area contributed by atoms with E-state index in [4.69, 9.17) is 4.74 Å². The molecular formula is C18H21FN2O4. The van der Waals surface area contributed by atoms with Gasteiger partial charge in [0.25, 0.3) is 5.91 Å². The van der Waals surface area contributed by atoms with Gasteiger partial charge in [0.15, 0.2) is 0 Å². The van der Waals surface area contributed by atoms with Gasteiger partial charge < -0.3 is 4.74 Å². The molecule has 0 aliphatic carbocycles. The van der Waals surface area contributed by atoms with Crippen molar-refractivity contribution in [2.24, 2.45) is 5.92 Å². The Balaban J connectivity index is 1.67. The molecule has 0 saturated carbocycles. The van der Waals surface area contributed by atoms with E-state index in [2.05, 4.69) is 0 Å². The van der Waals surface area contributed by atoms with E-state index in [1.165, 1.54) is 18.2 Å². The van der Waals surface area contributed by atoms with Crippen LogP contribution in [0.25, 0.3) is 0 Å². The lowest BCUT2D eigenvalue weighted by Crippen LogP contribution is -2.47. The van der Waals surface area contributed by atoms with Gasteiger partial charge in [-0.2, -0.15) is 0 Å². The standard InChI is InChI=1S/C18H21FN2O4/c1-2-25-18(24)12-7-9-20(10-8-12)15-11-16(22)21(17(15)23)14-6-4-3-5-13(14)19/h3-6,12,15H,2,7-11H2,1H3/t15-/m0/s1. The zero-order chi connectivity index (χ0) is 18.0. The predicted octanol–water partition coefficient (Wildman–Crippen LogP) is 1.73. The fourth-order valence-corrected chi connectivity index (χ4v) is 3.49. The normalized spacial score (nSPS) is 22.5. The average Bonchev–Trinajstić information content (AvgIpc) is 2.90. The molecule has 1 aromatic rings. The lowest BCUT2D eigenvalue weighted by atomic mass is 9.95. The van der Waals surface area contributed by atoms with Gasteiger partial charge in [-0.15, -0.1) is 0 Å². The first-order chi connectivity index (χ1) is 12.0. The van der Waals surface area contributed by atoms with Crippen molar-refractivity contribution in [2.75, 3.05) is 24.6 Å². The molecule has 25 heavy (non-hydrogen) atoms. The molecule has 6 nitrogen and oxygen atoms in total. The Hall–Kier alpha value is -2.28. The Morgan fingerprint density at radius 3 is 2.56 bits per heavy atom. The number of carbonyl (C=O) groups excluding carboxylic acids is 3. The van der Waals surface area contributed by atoms with E-state index in [0.717, 1.165) is 4.90 Å². The first-order valence-corrected chi connectivity index (χ1v) is 8.55. The van der Waals surface area contributed by atoms with Gasteiger partial charge in [-0.1, -0.05) is 12.1 Å². The Kier molecular flexibility index (Phi) is 5.13. The topological polar surface area (TPSA) is 66.9 Å². The number of hydrogen-bond donors (Lipinski definition) is 0. The minimum absolute atomic E-state index is 0.00131. The molecule has 134 valence electrons. The number of likely N-dealkylation sites (tertiary alicyclic amines) is 1. The van der Waals surface area contributed by atoms with Crippen molar-refractivity contribution in [1.82, 2.24) is 4.90 Å². The van der Waals surface area contributed by atoms with E-state index in [9.17, 15) is 18.8 Å². The summed E-state index contributed by atoms with van der Waals surface area (Å²) >= 11 is 0. The summed E-state index contributed by atoms with van der Waals surface area (Å²) < 4.78 is 19.0. The Morgan fingerprint density at radius 2 is 1.92 bits per heavy atom. The molecule has 0 bridgehead atoms. The molecule has 0 unspecified atom stereocenters. The van der Waals surface area contributed by atoms with Gasteiger partial charge in [-0.05, 0) is 45.0 Å². The van der Waals surface area contributed by atoms with Crippen LogP contribution in [-0.2, 0) is 19.1 Å². The number of amides is 2. The molecule has 2 heterocycles. The molecule has 7 heteroatoms. The van der Waals surface area contributed by atoms with Crippen LogP contribution in [0.2, 0.25) is 0 Å². The molecule has 2 aliphatic rings. The lowest BCUT2D eigenvalue weighted by molar-refractivity contribution is -0.149. The molecule has 0 radical (unpaired) electrons. The van der Waals surface area contributed by atoms with Crippen molar-refractivity contribution in [3.63, 3.8) is 0 Å². The molecule has 1 aromatic carbocycles. The maximum atomic E-state index is 14.0. The average molecular weight is 348 g/mol. The second-order valence-corrected chi connectivity index (χ2v) is 6.30. The molecule has 2 fully saturated rings. The van der Waals surface area contributed by atoms with Gasteiger partial charge in [-0.25, -0.2) is 9.29 Å². The third-order valence-electron chi connectivity index (χ3n) is 4.81. The number of halogens is 1. The lowest BCUT2D eigenvalue weighted by Gasteiger charge is -2.33. The van der Waals surface area contributed by atoms with E-state index in [1.807, 2.05) is 4.90 Å². The van der Waals surface area contributed by atoms with E-state index < -0.39 is 23.7 Å². The Labute approximate surface area is 145 Å². The van der Waals surface area contributed by atoms with Gasteiger partial charge in [0.2, 0.25) is 5.91 Å². The summed E-state index contributed by atoms with van der Waals surface area (Å²) in [5.41, 5.74) is 0.00131. The molecule has 0 aromatic heterocycles. The number of piperidine rings is 1. The minimum atomic E-state index is -0.592. The van der Waals surface area contributed by atoms with Crippen LogP contribution in [0.4, 0.5) is 10.1 Å². The highest BCUT2D eigenvalue weighted by atomic mass is 19.1. The number of carbonyl (C=O) groups is 3. The Bertz CT molecular complexity index is 685. The van der Waals surface area contributed by atoms with Crippen LogP contribution in [0.5, 0.6) is 0 Å². The van der Waals surface area contributed by atoms with Crippen LogP contribution in [0.15, 0.2) is 24.3 Å².